The molecule has 1 aromatic rings. The zero-order valence-corrected chi connectivity index (χ0v) is 13.7. The van der Waals surface area contributed by atoms with Gasteiger partial charge in [0.05, 0.1) is 11.5 Å². The minimum atomic E-state index is -3.83. The second-order valence-corrected chi connectivity index (χ2v) is 6.76. The van der Waals surface area contributed by atoms with E-state index in [0.717, 1.165) is 12.0 Å². The summed E-state index contributed by atoms with van der Waals surface area (Å²) in [6.07, 6.45) is 2.42. The van der Waals surface area contributed by atoms with Crippen LogP contribution < -0.4 is 4.72 Å². The number of methoxy groups -OCH3 is 1. The molecule has 0 aliphatic carbocycles. The summed E-state index contributed by atoms with van der Waals surface area (Å²) in [5.74, 6) is -1.16. The first-order valence-corrected chi connectivity index (χ1v) is 8.72. The summed E-state index contributed by atoms with van der Waals surface area (Å²) < 4.78 is 31.7. The number of sulfonamides is 1. The number of carbonyl (C=O) groups is 1. The van der Waals surface area contributed by atoms with Crippen LogP contribution in [0.5, 0.6) is 0 Å². The molecule has 0 unspecified atom stereocenters. The van der Waals surface area contributed by atoms with Crippen molar-refractivity contribution in [3.05, 3.63) is 29.8 Å². The van der Waals surface area contributed by atoms with Crippen molar-refractivity contribution in [1.29, 1.82) is 0 Å². The van der Waals surface area contributed by atoms with E-state index in [-0.39, 0.29) is 11.3 Å². The Morgan fingerprint density at radius 1 is 1.32 bits per heavy atom. The number of nitrogens with one attached hydrogen (secondary N) is 1. The van der Waals surface area contributed by atoms with Crippen LogP contribution in [0, 0.1) is 0 Å². The van der Waals surface area contributed by atoms with Crippen molar-refractivity contribution in [1.82, 2.24) is 4.72 Å². The zero-order chi connectivity index (χ0) is 16.6. The predicted molar refractivity (Wildman–Crippen MR) is 83.3 cm³/mol. The number of ether oxygens (including phenoxy) is 1. The third-order valence-corrected chi connectivity index (χ3v) is 4.76. The molecule has 0 fully saturated rings. The quantitative estimate of drug-likeness (QED) is 0.683. The Hall–Kier alpha value is -1.44. The molecule has 0 spiro atoms. The van der Waals surface area contributed by atoms with Crippen LogP contribution in [0.4, 0.5) is 0 Å². The van der Waals surface area contributed by atoms with Gasteiger partial charge in [0.2, 0.25) is 10.0 Å². The maximum absolute atomic E-state index is 12.2. The van der Waals surface area contributed by atoms with Crippen LogP contribution >= 0.6 is 0 Å². The van der Waals surface area contributed by atoms with Gasteiger partial charge in [-0.3, -0.25) is 4.79 Å². The van der Waals surface area contributed by atoms with Crippen LogP contribution in [0.25, 0.3) is 0 Å². The molecule has 0 aliphatic rings. The lowest BCUT2D eigenvalue weighted by Crippen LogP contribution is -2.40. The minimum Gasteiger partial charge on any atom is -0.480 e. The largest absolute Gasteiger partial charge is 0.480 e. The second kappa shape index (κ2) is 8.87. The maximum atomic E-state index is 12.2. The molecular formula is C15H23NO5S. The lowest BCUT2D eigenvalue weighted by molar-refractivity contribution is -0.139. The number of rotatable bonds is 10. The summed E-state index contributed by atoms with van der Waals surface area (Å²) in [4.78, 5) is 11.2. The number of hydrogen-bond acceptors (Lipinski definition) is 4. The van der Waals surface area contributed by atoms with Gasteiger partial charge in [0.15, 0.2) is 0 Å². The lowest BCUT2D eigenvalue weighted by atomic mass is 10.1. The van der Waals surface area contributed by atoms with E-state index in [2.05, 4.69) is 4.72 Å². The number of benzene rings is 1. The van der Waals surface area contributed by atoms with Gasteiger partial charge >= 0.3 is 5.97 Å². The summed E-state index contributed by atoms with van der Waals surface area (Å²) >= 11 is 0. The Balaban J connectivity index is 2.81. The van der Waals surface area contributed by atoms with Crippen molar-refractivity contribution in [2.75, 3.05) is 13.7 Å². The molecule has 1 atom stereocenters. The molecule has 0 heterocycles. The molecule has 7 heteroatoms. The van der Waals surface area contributed by atoms with E-state index < -0.39 is 22.0 Å². The molecule has 0 saturated heterocycles. The molecule has 6 nitrogen and oxygen atoms in total. The van der Waals surface area contributed by atoms with Crippen LogP contribution in [-0.4, -0.2) is 39.3 Å². The maximum Gasteiger partial charge on any atom is 0.321 e. The van der Waals surface area contributed by atoms with Crippen LogP contribution in [0.3, 0.4) is 0 Å². The Bertz CT molecular complexity index is 568. The first kappa shape index (κ1) is 18.6. The summed E-state index contributed by atoms with van der Waals surface area (Å²) in [6, 6.07) is 5.27. The smallest absolute Gasteiger partial charge is 0.321 e. The number of hydrogen-bond donors (Lipinski definition) is 2. The normalized spacial score (nSPS) is 13.0. The van der Waals surface area contributed by atoms with E-state index in [4.69, 9.17) is 9.84 Å². The monoisotopic (exact) mass is 329 g/mol. The fourth-order valence-electron chi connectivity index (χ4n) is 1.95. The van der Waals surface area contributed by atoms with Crippen molar-refractivity contribution >= 4 is 16.0 Å². The minimum absolute atomic E-state index is 0.0661. The molecule has 0 radical (unpaired) electrons. The highest BCUT2D eigenvalue weighted by Gasteiger charge is 2.24. The zero-order valence-electron chi connectivity index (χ0n) is 12.9. The molecule has 0 aliphatic heterocycles. The van der Waals surface area contributed by atoms with Crippen LogP contribution in [-0.2, 0) is 26.0 Å². The molecule has 22 heavy (non-hydrogen) atoms. The molecule has 0 aromatic heterocycles. The first-order chi connectivity index (χ1) is 10.4. The molecule has 2 N–H and O–H groups in total. The molecule has 1 aromatic carbocycles. The predicted octanol–water partition coefficient (Wildman–Crippen LogP) is 1.80. The Kier molecular flexibility index (Phi) is 7.50. The Labute approximate surface area is 131 Å². The van der Waals surface area contributed by atoms with Gasteiger partial charge in [0.1, 0.15) is 6.04 Å². The topological polar surface area (TPSA) is 92.7 Å². The number of aliphatic carboxylic acids is 1. The van der Waals surface area contributed by atoms with Crippen molar-refractivity contribution < 1.29 is 23.1 Å². The highest BCUT2D eigenvalue weighted by atomic mass is 32.2. The summed E-state index contributed by atoms with van der Waals surface area (Å²) in [6.45, 7) is 2.48. The van der Waals surface area contributed by atoms with Crippen molar-refractivity contribution in [3.63, 3.8) is 0 Å². The molecular weight excluding hydrogens is 306 g/mol. The van der Waals surface area contributed by atoms with Crippen LogP contribution in [0.2, 0.25) is 0 Å². The van der Waals surface area contributed by atoms with E-state index >= 15 is 0 Å². The molecule has 0 amide bonds. The van der Waals surface area contributed by atoms with Crippen LogP contribution in [0.1, 0.15) is 31.7 Å². The Morgan fingerprint density at radius 2 is 1.95 bits per heavy atom. The average Bonchev–Trinajstić information content (AvgIpc) is 2.49. The molecule has 0 saturated carbocycles. The number of unbranched alkanes of at least 4 members (excludes halogenated alkanes) is 1. The van der Waals surface area contributed by atoms with Gasteiger partial charge in [-0.2, -0.15) is 4.72 Å². The molecule has 1 rings (SSSR count). The fourth-order valence-corrected chi connectivity index (χ4v) is 3.18. The third kappa shape index (κ3) is 5.75. The van der Waals surface area contributed by atoms with Gasteiger partial charge in [-0.1, -0.05) is 31.9 Å². The van der Waals surface area contributed by atoms with E-state index in [0.29, 0.717) is 19.4 Å². The first-order valence-electron chi connectivity index (χ1n) is 7.23. The highest BCUT2D eigenvalue weighted by molar-refractivity contribution is 7.89. The summed E-state index contributed by atoms with van der Waals surface area (Å²) in [5.41, 5.74) is 0.960. The van der Waals surface area contributed by atoms with E-state index in [1.54, 1.807) is 19.2 Å². The van der Waals surface area contributed by atoms with Gasteiger partial charge in [-0.25, -0.2) is 8.42 Å². The van der Waals surface area contributed by atoms with Gasteiger partial charge in [-0.05, 0) is 30.5 Å². The van der Waals surface area contributed by atoms with Crippen LogP contribution in [0.15, 0.2) is 29.2 Å². The van der Waals surface area contributed by atoms with Crippen molar-refractivity contribution in [2.24, 2.45) is 0 Å². The van der Waals surface area contributed by atoms with E-state index in [1.807, 2.05) is 6.92 Å². The molecule has 124 valence electrons. The molecule has 0 bridgehead atoms. The van der Waals surface area contributed by atoms with Gasteiger partial charge in [0.25, 0.3) is 0 Å². The van der Waals surface area contributed by atoms with E-state index in [9.17, 15) is 13.2 Å². The van der Waals surface area contributed by atoms with Crippen molar-refractivity contribution in [2.45, 2.75) is 43.5 Å². The Morgan fingerprint density at radius 3 is 2.45 bits per heavy atom. The SMILES string of the molecule is CCCC[C@H](NS(=O)(=O)c1ccc(CCOC)cc1)C(=O)O. The standard InChI is InChI=1S/C15H23NO5S/c1-3-4-5-14(15(17)18)16-22(19,20)13-8-6-12(7-9-13)10-11-21-2/h6-9,14,16H,3-5,10-11H2,1-2H3,(H,17,18)/t14-/m0/s1. The summed E-state index contributed by atoms with van der Waals surface area (Å²) in [7, 11) is -2.23. The van der Waals surface area contributed by atoms with E-state index in [1.165, 1.54) is 12.1 Å². The number of carboxylic acids is 1. The van der Waals surface area contributed by atoms with Crippen molar-refractivity contribution in [3.8, 4) is 0 Å². The average molecular weight is 329 g/mol. The van der Waals surface area contributed by atoms with Gasteiger partial charge in [0, 0.05) is 7.11 Å². The highest BCUT2D eigenvalue weighted by Crippen LogP contribution is 2.13. The lowest BCUT2D eigenvalue weighted by Gasteiger charge is -2.14. The third-order valence-electron chi connectivity index (χ3n) is 3.27. The van der Waals surface area contributed by atoms with Gasteiger partial charge in [-0.15, -0.1) is 0 Å². The van der Waals surface area contributed by atoms with Gasteiger partial charge < -0.3 is 9.84 Å². The second-order valence-electron chi connectivity index (χ2n) is 5.04. The summed E-state index contributed by atoms with van der Waals surface area (Å²) in [5, 5.41) is 9.11. The number of carboxylic acid groups (broad SMARTS) is 1. The fraction of sp³-hybridized carbons (Fsp3) is 0.533.